The van der Waals surface area contributed by atoms with Gasteiger partial charge in [0.25, 0.3) is 5.91 Å². The maximum absolute atomic E-state index is 12.4. The number of nitrogens with zero attached hydrogens (tertiary/aromatic N) is 4. The minimum atomic E-state index is -1.18. The molecule has 4 N–H and O–H groups in total. The van der Waals surface area contributed by atoms with E-state index in [1.165, 1.54) is 36.2 Å². The van der Waals surface area contributed by atoms with Gasteiger partial charge in [0.2, 0.25) is 0 Å². The number of carbonyl (C=O) groups is 2. The number of anilines is 1. The number of aliphatic imine (C=N–C) groups is 1. The average molecular weight is 441 g/mol. The molecule has 0 unspecified atom stereocenters. The fraction of sp³-hybridized carbons (Fsp3) is 0.286. The predicted octanol–water partition coefficient (Wildman–Crippen LogP) is 3.21. The van der Waals surface area contributed by atoms with Crippen LogP contribution in [-0.2, 0) is 0 Å². The van der Waals surface area contributed by atoms with Crippen LogP contribution in [0.5, 0.6) is 0 Å². The first-order valence-corrected chi connectivity index (χ1v) is 10.6. The summed E-state index contributed by atoms with van der Waals surface area (Å²) < 4.78 is 0. The average Bonchev–Trinajstić information content (AvgIpc) is 3.18. The first-order valence-electron chi connectivity index (χ1n) is 9.76. The van der Waals surface area contributed by atoms with E-state index in [-0.39, 0.29) is 16.8 Å². The van der Waals surface area contributed by atoms with Crippen molar-refractivity contribution in [1.82, 2.24) is 15.1 Å². The monoisotopic (exact) mass is 440 g/mol. The molecule has 1 aliphatic heterocycles. The Bertz CT molecular complexity index is 1030. The largest absolute Gasteiger partial charge is 0.478 e. The number of hydrogen-bond donors (Lipinski definition) is 3. The number of allylic oxidation sites excluding steroid dienone is 2. The lowest BCUT2D eigenvalue weighted by Crippen LogP contribution is -2.27. The number of nitrogens with one attached hydrogen (secondary N) is 1. The second kappa shape index (κ2) is 9.98. The summed E-state index contributed by atoms with van der Waals surface area (Å²) in [6.07, 6.45) is 7.62. The topological polar surface area (TPSA) is 134 Å². The van der Waals surface area contributed by atoms with Gasteiger partial charge in [-0.3, -0.25) is 4.79 Å². The number of aromatic carboxylic acids is 1. The fourth-order valence-corrected chi connectivity index (χ4v) is 4.26. The van der Waals surface area contributed by atoms with E-state index in [9.17, 15) is 14.7 Å². The Morgan fingerprint density at radius 3 is 2.68 bits per heavy atom. The number of aromatic nitrogens is 2. The number of hydrogen-bond acceptors (Lipinski definition) is 8. The number of thiophene rings is 1. The molecule has 9 nitrogen and oxygen atoms in total. The Hall–Kier alpha value is -3.53. The van der Waals surface area contributed by atoms with Gasteiger partial charge in [-0.15, -0.1) is 11.3 Å². The van der Waals surface area contributed by atoms with Crippen molar-refractivity contribution in [3.8, 4) is 0 Å². The van der Waals surface area contributed by atoms with E-state index >= 15 is 0 Å². The van der Waals surface area contributed by atoms with Gasteiger partial charge in [-0.25, -0.2) is 9.79 Å². The molecule has 0 spiro atoms. The van der Waals surface area contributed by atoms with Crippen molar-refractivity contribution in [2.24, 2.45) is 10.7 Å². The van der Waals surface area contributed by atoms with E-state index in [0.29, 0.717) is 22.0 Å². The number of likely N-dealkylation sites (tertiary alicyclic amines) is 1. The van der Waals surface area contributed by atoms with Gasteiger partial charge in [-0.2, -0.15) is 10.2 Å². The van der Waals surface area contributed by atoms with Crippen molar-refractivity contribution in [1.29, 1.82) is 0 Å². The molecule has 2 aromatic rings. The van der Waals surface area contributed by atoms with E-state index in [2.05, 4.69) is 32.0 Å². The fourth-order valence-electron chi connectivity index (χ4n) is 3.19. The van der Waals surface area contributed by atoms with Gasteiger partial charge in [0, 0.05) is 36.0 Å². The van der Waals surface area contributed by atoms with Crippen molar-refractivity contribution in [3.05, 3.63) is 57.9 Å². The van der Waals surface area contributed by atoms with Crippen molar-refractivity contribution in [2.75, 3.05) is 18.4 Å². The van der Waals surface area contributed by atoms with Crippen LogP contribution in [0.3, 0.4) is 0 Å². The van der Waals surface area contributed by atoms with E-state index in [1.807, 2.05) is 0 Å². The van der Waals surface area contributed by atoms with Gasteiger partial charge in [0.15, 0.2) is 0 Å². The molecule has 0 bridgehead atoms. The number of carboxylic acid groups (broad SMARTS) is 1. The second-order valence-electron chi connectivity index (χ2n) is 7.06. The van der Waals surface area contributed by atoms with E-state index in [1.54, 1.807) is 18.5 Å². The lowest BCUT2D eigenvalue weighted by Gasteiger charge is -2.28. The van der Waals surface area contributed by atoms with Crippen molar-refractivity contribution in [2.45, 2.75) is 26.2 Å². The molecule has 1 aliphatic rings. The normalized spacial score (nSPS) is 14.9. The van der Waals surface area contributed by atoms with E-state index in [0.717, 1.165) is 25.9 Å². The number of amides is 1. The van der Waals surface area contributed by atoms with Crippen LogP contribution < -0.4 is 11.1 Å². The summed E-state index contributed by atoms with van der Waals surface area (Å²) in [5.41, 5.74) is 7.35. The number of nitrogens with two attached hydrogens (primary N) is 1. The summed E-state index contributed by atoms with van der Waals surface area (Å²) in [6.45, 7) is 7.50. The third-order valence-electron chi connectivity index (χ3n) is 4.83. The molecule has 0 aliphatic carbocycles. The second-order valence-corrected chi connectivity index (χ2v) is 7.94. The van der Waals surface area contributed by atoms with Crippen LogP contribution in [-0.4, -0.2) is 51.4 Å². The van der Waals surface area contributed by atoms with Crippen molar-refractivity contribution < 1.29 is 14.7 Å². The first kappa shape index (κ1) is 22.2. The van der Waals surface area contributed by atoms with Crippen LogP contribution in [0.4, 0.5) is 5.69 Å². The van der Waals surface area contributed by atoms with Gasteiger partial charge in [0.1, 0.15) is 11.4 Å². The Balaban J connectivity index is 1.88. The molecule has 3 heterocycles. The smallest absolute Gasteiger partial charge is 0.339 e. The van der Waals surface area contributed by atoms with Crippen LogP contribution >= 0.6 is 11.3 Å². The highest BCUT2D eigenvalue weighted by Gasteiger charge is 2.23. The molecule has 3 rings (SSSR count). The Labute approximate surface area is 184 Å². The first-order chi connectivity index (χ1) is 14.9. The molecule has 0 aromatic carbocycles. The molecule has 1 fully saturated rings. The zero-order valence-corrected chi connectivity index (χ0v) is 18.0. The van der Waals surface area contributed by atoms with Crippen molar-refractivity contribution in [3.63, 3.8) is 0 Å². The zero-order chi connectivity index (χ0) is 22.4. The van der Waals surface area contributed by atoms with Gasteiger partial charge in [-0.05, 0) is 32.3 Å². The maximum atomic E-state index is 12.4. The van der Waals surface area contributed by atoms with Gasteiger partial charge in [0.05, 0.1) is 28.5 Å². The van der Waals surface area contributed by atoms with Crippen LogP contribution in [0.25, 0.3) is 5.57 Å². The molecule has 1 saturated heterocycles. The molecule has 0 atom stereocenters. The molecular weight excluding hydrogens is 416 g/mol. The minimum absolute atomic E-state index is 0.0461. The summed E-state index contributed by atoms with van der Waals surface area (Å²) in [5, 5.41) is 21.3. The van der Waals surface area contributed by atoms with Crippen LogP contribution in [0.15, 0.2) is 46.9 Å². The van der Waals surface area contributed by atoms with Crippen LogP contribution in [0, 0.1) is 0 Å². The molecular formula is C21H24N6O3S. The number of carboxylic acids is 1. The molecule has 31 heavy (non-hydrogen) atoms. The highest BCUT2D eigenvalue weighted by molar-refractivity contribution is 7.12. The number of carbonyl (C=O) groups excluding carboxylic acids is 1. The number of rotatable bonds is 7. The molecule has 0 saturated carbocycles. The molecule has 162 valence electrons. The zero-order valence-electron chi connectivity index (χ0n) is 17.2. The molecule has 10 heteroatoms. The van der Waals surface area contributed by atoms with E-state index in [4.69, 9.17) is 5.73 Å². The summed E-state index contributed by atoms with van der Waals surface area (Å²) in [7, 11) is 0. The van der Waals surface area contributed by atoms with E-state index < -0.39 is 11.9 Å². The summed E-state index contributed by atoms with van der Waals surface area (Å²) in [4.78, 5) is 31.4. The van der Waals surface area contributed by atoms with Gasteiger partial charge < -0.3 is 21.1 Å². The summed E-state index contributed by atoms with van der Waals surface area (Å²) >= 11 is 1.17. The maximum Gasteiger partial charge on any atom is 0.339 e. The Morgan fingerprint density at radius 2 is 2.06 bits per heavy atom. The Morgan fingerprint density at radius 1 is 1.32 bits per heavy atom. The summed E-state index contributed by atoms with van der Waals surface area (Å²) in [5.74, 6) is -1.05. The Kier molecular flexibility index (Phi) is 7.14. The molecule has 0 radical (unpaired) electrons. The molecule has 1 amide bonds. The quantitative estimate of drug-likeness (QED) is 0.563. The lowest BCUT2D eigenvalue weighted by molar-refractivity contribution is 0.0698. The van der Waals surface area contributed by atoms with Gasteiger partial charge in [-0.1, -0.05) is 6.58 Å². The van der Waals surface area contributed by atoms with Crippen LogP contribution in [0.2, 0.25) is 0 Å². The highest BCUT2D eigenvalue weighted by atomic mass is 32.1. The third-order valence-corrected chi connectivity index (χ3v) is 5.85. The third kappa shape index (κ3) is 5.34. The SMILES string of the molecule is C=C(N=C/C(=C(/C)N)c1scc(NC(=O)c2ccnnc2)c1C(=O)O)N1CCCCC1. The minimum Gasteiger partial charge on any atom is -0.478 e. The van der Waals surface area contributed by atoms with Gasteiger partial charge >= 0.3 is 5.97 Å². The lowest BCUT2D eigenvalue weighted by atomic mass is 10.1. The van der Waals surface area contributed by atoms with Crippen molar-refractivity contribution >= 4 is 40.7 Å². The number of piperidine rings is 1. The summed E-state index contributed by atoms with van der Waals surface area (Å²) in [6, 6.07) is 1.49. The standard InChI is InChI=1S/C21H24N6O3S/c1-13(22)16(11-23-14(2)27-8-4-3-5-9-27)19-18(21(29)30)17(12-31-19)26-20(28)15-6-7-24-25-10-15/h6-7,10-12H,2-5,8-9,22H2,1H3,(H,26,28)(H,29,30)/b16-13+,23-11?. The molecule has 2 aromatic heterocycles. The predicted molar refractivity (Wildman–Crippen MR) is 121 cm³/mol. The highest BCUT2D eigenvalue weighted by Crippen LogP contribution is 2.33. The van der Waals surface area contributed by atoms with Crippen LogP contribution in [0.1, 0.15) is 51.8 Å².